The van der Waals surface area contributed by atoms with Gasteiger partial charge in [0.2, 0.25) is 12.4 Å². The molecular formula is C43H36ClN8O5S3+. The van der Waals surface area contributed by atoms with Crippen LogP contribution >= 0.6 is 46.5 Å². The van der Waals surface area contributed by atoms with Crippen LogP contribution < -0.4 is 20.7 Å². The summed E-state index contributed by atoms with van der Waals surface area (Å²) in [5.74, 6) is -0.675. The van der Waals surface area contributed by atoms with Crippen LogP contribution in [0, 0.1) is 0 Å². The molecule has 3 aromatic carbocycles. The maximum atomic E-state index is 13.9. The maximum Gasteiger partial charge on any atom is 0.355 e. The van der Waals surface area contributed by atoms with E-state index in [1.807, 2.05) is 66.7 Å². The molecule has 0 bridgehead atoms. The van der Waals surface area contributed by atoms with E-state index in [9.17, 15) is 14.4 Å². The number of amides is 2. The molecule has 5 heterocycles. The number of nitrogens with one attached hydrogen (secondary N) is 3. The largest absolute Gasteiger partial charge is 0.450 e. The molecule has 0 saturated carbocycles. The number of pyridine rings is 2. The Balaban J connectivity index is 0.916. The summed E-state index contributed by atoms with van der Waals surface area (Å²) in [6, 6.07) is 38.3. The molecule has 1 saturated heterocycles. The SMILES string of the molecule is CO/N=C(\C(=O)NC1C(=O)N2C(C(=O)OCSc3cc[n+](Nc4cccc(Cl)n4)cc3)=CCS[C@@H]12)c1csc(NC(c2ccccc2)(c2ccccc2)c2ccccc2)n1. The lowest BCUT2D eigenvalue weighted by molar-refractivity contribution is -0.643. The lowest BCUT2D eigenvalue weighted by atomic mass is 9.77. The van der Waals surface area contributed by atoms with Gasteiger partial charge >= 0.3 is 5.97 Å². The van der Waals surface area contributed by atoms with Crippen molar-refractivity contribution in [1.82, 2.24) is 20.2 Å². The van der Waals surface area contributed by atoms with Crippen molar-refractivity contribution in [3.05, 3.63) is 178 Å². The summed E-state index contributed by atoms with van der Waals surface area (Å²) in [6.45, 7) is 0. The molecule has 6 aromatic rings. The number of β-lactam (4-membered cyclic amide) rings is 1. The van der Waals surface area contributed by atoms with Gasteiger partial charge in [0.1, 0.15) is 46.5 Å². The molecule has 1 unspecified atom stereocenters. The van der Waals surface area contributed by atoms with Crippen LogP contribution in [-0.4, -0.2) is 68.6 Å². The Hall–Kier alpha value is -6.20. The van der Waals surface area contributed by atoms with Crippen molar-refractivity contribution in [3.63, 3.8) is 0 Å². The minimum absolute atomic E-state index is 0.0218. The Morgan fingerprint density at radius 3 is 2.18 bits per heavy atom. The van der Waals surface area contributed by atoms with Gasteiger partial charge in [-0.25, -0.2) is 14.8 Å². The summed E-state index contributed by atoms with van der Waals surface area (Å²) < 4.78 is 7.28. The number of hydrogen-bond donors (Lipinski definition) is 3. The Bertz CT molecular complexity index is 2450. The number of carbonyl (C=O) groups excluding carboxylic acids is 3. The number of fused-ring (bicyclic) bond motifs is 1. The van der Waals surface area contributed by atoms with Crippen molar-refractivity contribution in [1.29, 1.82) is 0 Å². The lowest BCUT2D eigenvalue weighted by Gasteiger charge is -2.48. The minimum Gasteiger partial charge on any atom is -0.450 e. The van der Waals surface area contributed by atoms with Crippen LogP contribution in [0.1, 0.15) is 22.4 Å². The molecule has 3 N–H and O–H groups in total. The number of aromatic nitrogens is 3. The zero-order chi connectivity index (χ0) is 41.5. The van der Waals surface area contributed by atoms with Crippen molar-refractivity contribution in [2.24, 2.45) is 5.16 Å². The molecule has 17 heteroatoms. The number of esters is 1. The monoisotopic (exact) mass is 875 g/mol. The van der Waals surface area contributed by atoms with Gasteiger partial charge in [0.05, 0.1) is 0 Å². The van der Waals surface area contributed by atoms with Gasteiger partial charge in [-0.05, 0) is 34.9 Å². The zero-order valence-electron chi connectivity index (χ0n) is 31.8. The topological polar surface area (TPSA) is 151 Å². The van der Waals surface area contributed by atoms with Crippen LogP contribution in [-0.2, 0) is 29.5 Å². The Labute approximate surface area is 362 Å². The average Bonchev–Trinajstić information content (AvgIpc) is 3.75. The number of thiazole rings is 1. The first-order valence-electron chi connectivity index (χ1n) is 18.5. The molecule has 2 aliphatic rings. The molecule has 0 radical (unpaired) electrons. The summed E-state index contributed by atoms with van der Waals surface area (Å²) in [4.78, 5) is 57.0. The summed E-state index contributed by atoms with van der Waals surface area (Å²) >= 11 is 10.0. The molecule has 2 aliphatic heterocycles. The van der Waals surface area contributed by atoms with Crippen LogP contribution in [0.3, 0.4) is 0 Å². The van der Waals surface area contributed by atoms with E-state index < -0.39 is 34.7 Å². The van der Waals surface area contributed by atoms with E-state index in [-0.39, 0.29) is 23.0 Å². The van der Waals surface area contributed by atoms with E-state index in [1.165, 1.54) is 46.9 Å². The number of rotatable bonds is 15. The first kappa shape index (κ1) is 40.6. The summed E-state index contributed by atoms with van der Waals surface area (Å²) in [5, 5.41) is 12.7. The van der Waals surface area contributed by atoms with E-state index in [1.54, 1.807) is 46.7 Å². The second-order valence-corrected chi connectivity index (χ2v) is 16.6. The Morgan fingerprint density at radius 1 is 0.917 bits per heavy atom. The molecule has 1 fully saturated rings. The van der Waals surface area contributed by atoms with Gasteiger partial charge in [0, 0.05) is 28.2 Å². The normalized spacial score (nSPS) is 16.2. The zero-order valence-corrected chi connectivity index (χ0v) is 35.0. The predicted octanol–water partition coefficient (Wildman–Crippen LogP) is 6.69. The van der Waals surface area contributed by atoms with Crippen LogP contribution in [0.15, 0.2) is 161 Å². The summed E-state index contributed by atoms with van der Waals surface area (Å²) in [5.41, 5.74) is 5.52. The molecule has 0 aliphatic carbocycles. The number of halogens is 1. The molecule has 0 spiro atoms. The lowest BCUT2D eigenvalue weighted by Crippen LogP contribution is -2.70. The van der Waals surface area contributed by atoms with Crippen molar-refractivity contribution >= 4 is 80.9 Å². The highest BCUT2D eigenvalue weighted by atomic mass is 35.5. The number of carbonyl (C=O) groups is 3. The van der Waals surface area contributed by atoms with E-state index in [0.29, 0.717) is 21.9 Å². The smallest absolute Gasteiger partial charge is 0.355 e. The molecule has 2 atom stereocenters. The third kappa shape index (κ3) is 8.58. The fraction of sp³-hybridized carbons (Fsp3) is 0.140. The second-order valence-electron chi connectivity index (χ2n) is 13.2. The van der Waals surface area contributed by atoms with E-state index in [4.69, 9.17) is 26.2 Å². The van der Waals surface area contributed by atoms with Crippen LogP contribution in [0.5, 0.6) is 0 Å². The van der Waals surface area contributed by atoms with Gasteiger partial charge in [0.25, 0.3) is 11.8 Å². The van der Waals surface area contributed by atoms with Gasteiger partial charge in [0.15, 0.2) is 16.7 Å². The first-order valence-corrected chi connectivity index (χ1v) is 21.8. The van der Waals surface area contributed by atoms with Gasteiger partial charge in [-0.2, -0.15) is 0 Å². The molecule has 302 valence electrons. The van der Waals surface area contributed by atoms with Crippen molar-refractivity contribution in [2.75, 3.05) is 29.5 Å². The van der Waals surface area contributed by atoms with E-state index in [2.05, 4.69) is 62.6 Å². The number of hydrogen-bond acceptors (Lipinski definition) is 13. The van der Waals surface area contributed by atoms with Crippen LogP contribution in [0.2, 0.25) is 5.15 Å². The van der Waals surface area contributed by atoms with Crippen LogP contribution in [0.25, 0.3) is 0 Å². The molecule has 3 aromatic heterocycles. The molecule has 8 rings (SSSR count). The predicted molar refractivity (Wildman–Crippen MR) is 233 cm³/mol. The number of benzene rings is 3. The average molecular weight is 876 g/mol. The molecule has 60 heavy (non-hydrogen) atoms. The standard InChI is InChI=1S/C43H35ClN8O5S3/c1-56-50-36(32-26-59-42(45-32)48-43(28-12-5-2-6-13-28,29-14-7-3-8-15-29)30-16-9-4-10-17-30)38(53)47-37-39(54)52-33(22-25-58-40(37)52)41(55)57-27-60-31-20-23-51(24-21-31)49-35-19-11-18-34(44)46-35/h2-24,26,37,40H,25,27H2,1H3,(H2-,45,46,47,48,49,53)/p+1/b50-36-/t37?,40-/m0/s1. The molecule has 13 nitrogen and oxygen atoms in total. The fourth-order valence-electron chi connectivity index (χ4n) is 6.83. The van der Waals surface area contributed by atoms with Gasteiger partial charge in [-0.1, -0.05) is 130 Å². The van der Waals surface area contributed by atoms with Gasteiger partial charge < -0.3 is 20.2 Å². The van der Waals surface area contributed by atoms with E-state index >= 15 is 0 Å². The highest BCUT2D eigenvalue weighted by Crippen LogP contribution is 2.41. The molecular weight excluding hydrogens is 840 g/mol. The van der Waals surface area contributed by atoms with Crippen LogP contribution in [0.4, 0.5) is 10.9 Å². The number of ether oxygens (including phenoxy) is 1. The van der Waals surface area contributed by atoms with Crippen molar-refractivity contribution in [3.8, 4) is 0 Å². The number of oxime groups is 1. The van der Waals surface area contributed by atoms with Crippen molar-refractivity contribution in [2.45, 2.75) is 21.9 Å². The Kier molecular flexibility index (Phi) is 12.4. The summed E-state index contributed by atoms with van der Waals surface area (Å²) in [7, 11) is 1.34. The quantitative estimate of drug-likeness (QED) is 0.0117. The minimum atomic E-state index is -0.916. The third-order valence-electron chi connectivity index (χ3n) is 9.57. The Morgan fingerprint density at radius 2 is 1.57 bits per heavy atom. The summed E-state index contributed by atoms with van der Waals surface area (Å²) in [6.07, 6.45) is 5.26. The second kappa shape index (κ2) is 18.4. The fourth-order valence-corrected chi connectivity index (χ4v) is 9.55. The maximum absolute atomic E-state index is 13.9. The number of anilines is 2. The molecule has 2 amide bonds. The highest BCUT2D eigenvalue weighted by molar-refractivity contribution is 8.00. The van der Waals surface area contributed by atoms with Gasteiger partial charge in [-0.15, -0.1) is 28.5 Å². The third-order valence-corrected chi connectivity index (χ3v) is 12.6. The van der Waals surface area contributed by atoms with E-state index in [0.717, 1.165) is 21.6 Å². The van der Waals surface area contributed by atoms with Gasteiger partial charge in [-0.3, -0.25) is 14.5 Å². The highest BCUT2D eigenvalue weighted by Gasteiger charge is 2.53. The first-order chi connectivity index (χ1) is 29.3. The number of thioether (sulfide) groups is 2. The van der Waals surface area contributed by atoms with Crippen molar-refractivity contribution < 1.29 is 28.6 Å². The number of nitrogens with zero attached hydrogens (tertiary/aromatic N) is 5.